The van der Waals surface area contributed by atoms with Crippen molar-refractivity contribution >= 4 is 33.0 Å². The van der Waals surface area contributed by atoms with Gasteiger partial charge in [-0.15, -0.1) is 0 Å². The zero-order valence-corrected chi connectivity index (χ0v) is 15.9. The molecule has 140 valence electrons. The van der Waals surface area contributed by atoms with Gasteiger partial charge in [0.15, 0.2) is 5.65 Å². The molecule has 0 aliphatic carbocycles. The van der Waals surface area contributed by atoms with Crippen molar-refractivity contribution in [3.05, 3.63) is 91.5 Å². The van der Waals surface area contributed by atoms with E-state index in [9.17, 15) is 0 Å². The first-order valence-electron chi connectivity index (χ1n) is 9.67. The summed E-state index contributed by atoms with van der Waals surface area (Å²) in [5, 5.41) is 2.10. The first kappa shape index (κ1) is 16.7. The van der Waals surface area contributed by atoms with Gasteiger partial charge in [-0.1, -0.05) is 18.2 Å². The van der Waals surface area contributed by atoms with Crippen molar-refractivity contribution in [2.75, 3.05) is 0 Å². The highest BCUT2D eigenvalue weighted by Crippen LogP contribution is 2.27. The normalized spacial score (nSPS) is 11.3. The Morgan fingerprint density at radius 2 is 1.27 bits per heavy atom. The molecule has 0 saturated heterocycles. The van der Waals surface area contributed by atoms with E-state index in [2.05, 4.69) is 56.3 Å². The van der Waals surface area contributed by atoms with Crippen LogP contribution in [0.15, 0.2) is 91.5 Å². The minimum absolute atomic E-state index is 0.712. The van der Waals surface area contributed by atoms with Gasteiger partial charge in [-0.3, -0.25) is 15.0 Å². The molecule has 0 spiro atoms. The molecule has 0 bridgehead atoms. The molecule has 0 unspecified atom stereocenters. The maximum absolute atomic E-state index is 4.77. The van der Waals surface area contributed by atoms with Crippen LogP contribution in [0.2, 0.25) is 0 Å². The summed E-state index contributed by atoms with van der Waals surface area (Å²) < 4.78 is 0. The van der Waals surface area contributed by atoms with Gasteiger partial charge in [0, 0.05) is 52.3 Å². The molecule has 0 saturated carbocycles. The predicted octanol–water partition coefficient (Wildman–Crippen LogP) is 5.46. The average molecular weight is 385 g/mol. The summed E-state index contributed by atoms with van der Waals surface area (Å²) in [6.45, 7) is 0. The van der Waals surface area contributed by atoms with E-state index in [0.29, 0.717) is 5.65 Å². The van der Waals surface area contributed by atoms with Crippen molar-refractivity contribution in [1.82, 2.24) is 24.9 Å². The average Bonchev–Trinajstić information content (AvgIpc) is 2.83. The molecule has 0 fully saturated rings. The lowest BCUT2D eigenvalue weighted by molar-refractivity contribution is 1.28. The topological polar surface area (TPSA) is 64.5 Å². The van der Waals surface area contributed by atoms with Crippen LogP contribution in [0.25, 0.3) is 55.4 Å². The fraction of sp³-hybridized carbons (Fsp3) is 0. The summed E-state index contributed by atoms with van der Waals surface area (Å²) in [6, 6.07) is 22.3. The van der Waals surface area contributed by atoms with Crippen LogP contribution in [0.3, 0.4) is 0 Å². The van der Waals surface area contributed by atoms with Crippen LogP contribution in [0.5, 0.6) is 0 Å². The fourth-order valence-corrected chi connectivity index (χ4v) is 3.67. The standard InChI is InChI=1S/C25H15N5/c1-3-16-5-6-17(12-23(16)26-9-1)21-8-7-18-11-19(15-29-25(18)30-21)20-13-24-22(28-14-20)4-2-10-27-24/h1-15H. The van der Waals surface area contributed by atoms with Crippen LogP contribution >= 0.6 is 0 Å². The number of rotatable bonds is 2. The lowest BCUT2D eigenvalue weighted by Gasteiger charge is -2.07. The highest BCUT2D eigenvalue weighted by Gasteiger charge is 2.07. The molecule has 1 aromatic carbocycles. The van der Waals surface area contributed by atoms with E-state index < -0.39 is 0 Å². The second kappa shape index (κ2) is 6.67. The molecule has 0 aliphatic heterocycles. The molecule has 0 amide bonds. The number of hydrogen-bond donors (Lipinski definition) is 0. The number of nitrogens with zero attached hydrogens (tertiary/aromatic N) is 5. The highest BCUT2D eigenvalue weighted by atomic mass is 14.8. The molecule has 30 heavy (non-hydrogen) atoms. The Morgan fingerprint density at radius 3 is 2.23 bits per heavy atom. The number of fused-ring (bicyclic) bond motifs is 3. The van der Waals surface area contributed by atoms with Gasteiger partial charge >= 0.3 is 0 Å². The Morgan fingerprint density at radius 1 is 0.500 bits per heavy atom. The van der Waals surface area contributed by atoms with E-state index in [-0.39, 0.29) is 0 Å². The molecule has 6 aromatic rings. The predicted molar refractivity (Wildman–Crippen MR) is 119 cm³/mol. The van der Waals surface area contributed by atoms with E-state index in [1.807, 2.05) is 42.7 Å². The fourth-order valence-electron chi connectivity index (χ4n) is 3.67. The van der Waals surface area contributed by atoms with Gasteiger partial charge in [-0.25, -0.2) is 9.97 Å². The van der Waals surface area contributed by atoms with Crippen LogP contribution in [0.4, 0.5) is 0 Å². The van der Waals surface area contributed by atoms with Gasteiger partial charge in [0.25, 0.3) is 0 Å². The summed E-state index contributed by atoms with van der Waals surface area (Å²) in [7, 11) is 0. The first-order valence-corrected chi connectivity index (χ1v) is 9.67. The largest absolute Gasteiger partial charge is 0.256 e. The van der Waals surface area contributed by atoms with E-state index in [1.165, 1.54) is 0 Å². The van der Waals surface area contributed by atoms with Gasteiger partial charge in [-0.2, -0.15) is 0 Å². The minimum atomic E-state index is 0.712. The first-order chi connectivity index (χ1) is 14.8. The lowest BCUT2D eigenvalue weighted by Crippen LogP contribution is -1.91. The third-order valence-corrected chi connectivity index (χ3v) is 5.23. The van der Waals surface area contributed by atoms with Crippen LogP contribution in [0, 0.1) is 0 Å². The molecule has 0 N–H and O–H groups in total. The molecule has 0 radical (unpaired) electrons. The van der Waals surface area contributed by atoms with E-state index in [4.69, 9.17) is 4.98 Å². The number of benzene rings is 1. The summed E-state index contributed by atoms with van der Waals surface area (Å²) in [5.41, 5.74) is 7.31. The Hall–Kier alpha value is -4.25. The van der Waals surface area contributed by atoms with Gasteiger partial charge in [0.1, 0.15) is 0 Å². The van der Waals surface area contributed by atoms with Crippen molar-refractivity contribution in [3.8, 4) is 22.4 Å². The summed E-state index contributed by atoms with van der Waals surface area (Å²) in [4.78, 5) is 22.7. The van der Waals surface area contributed by atoms with E-state index in [1.54, 1.807) is 12.4 Å². The Balaban J connectivity index is 1.41. The second-order valence-corrected chi connectivity index (χ2v) is 7.14. The molecule has 5 heterocycles. The van der Waals surface area contributed by atoms with Crippen molar-refractivity contribution in [1.29, 1.82) is 0 Å². The molecule has 5 nitrogen and oxygen atoms in total. The molecule has 5 heteroatoms. The van der Waals surface area contributed by atoms with Crippen LogP contribution in [-0.2, 0) is 0 Å². The zero-order chi connectivity index (χ0) is 19.9. The van der Waals surface area contributed by atoms with Gasteiger partial charge < -0.3 is 0 Å². The molecule has 6 rings (SSSR count). The quantitative estimate of drug-likeness (QED) is 0.396. The van der Waals surface area contributed by atoms with Gasteiger partial charge in [0.05, 0.1) is 22.2 Å². The Bertz CT molecular complexity index is 1440. The molecular weight excluding hydrogens is 370 g/mol. The molecule has 0 atom stereocenters. The smallest absolute Gasteiger partial charge is 0.159 e. The summed E-state index contributed by atoms with van der Waals surface area (Å²) >= 11 is 0. The van der Waals surface area contributed by atoms with Crippen molar-refractivity contribution in [2.24, 2.45) is 0 Å². The van der Waals surface area contributed by atoms with E-state index in [0.717, 1.165) is 49.7 Å². The molecule has 0 aliphatic rings. The Labute approximate surface area is 172 Å². The van der Waals surface area contributed by atoms with Crippen molar-refractivity contribution in [2.45, 2.75) is 0 Å². The van der Waals surface area contributed by atoms with Crippen LogP contribution in [-0.4, -0.2) is 24.9 Å². The maximum Gasteiger partial charge on any atom is 0.159 e. The van der Waals surface area contributed by atoms with E-state index >= 15 is 0 Å². The second-order valence-electron chi connectivity index (χ2n) is 7.14. The van der Waals surface area contributed by atoms with Crippen molar-refractivity contribution < 1.29 is 0 Å². The highest BCUT2D eigenvalue weighted by molar-refractivity contribution is 5.87. The number of pyridine rings is 5. The van der Waals surface area contributed by atoms with Gasteiger partial charge in [0.2, 0.25) is 0 Å². The molecule has 5 aromatic heterocycles. The van der Waals surface area contributed by atoms with Crippen molar-refractivity contribution in [3.63, 3.8) is 0 Å². The summed E-state index contributed by atoms with van der Waals surface area (Å²) in [6.07, 6.45) is 7.28. The van der Waals surface area contributed by atoms with Crippen LogP contribution < -0.4 is 0 Å². The monoisotopic (exact) mass is 385 g/mol. The van der Waals surface area contributed by atoms with Gasteiger partial charge in [-0.05, 0) is 48.5 Å². The number of aromatic nitrogens is 5. The Kier molecular flexibility index (Phi) is 3.71. The molecular formula is C25H15N5. The van der Waals surface area contributed by atoms with Crippen LogP contribution in [0.1, 0.15) is 0 Å². The SMILES string of the molecule is c1cnc2cc(-c3ccc4cc(-c5cnc6cccnc6c5)cnc4n3)ccc2c1. The summed E-state index contributed by atoms with van der Waals surface area (Å²) in [5.74, 6) is 0. The lowest BCUT2D eigenvalue weighted by atomic mass is 10.1. The number of hydrogen-bond acceptors (Lipinski definition) is 5. The zero-order valence-electron chi connectivity index (χ0n) is 15.9. The minimum Gasteiger partial charge on any atom is -0.256 e. The third kappa shape index (κ3) is 2.84. The maximum atomic E-state index is 4.77. The third-order valence-electron chi connectivity index (χ3n) is 5.23.